The standard InChI is InChI=1S/C13H14FNOS/c1-9(7-16)6-13-15-12(8-17-13)10-2-4-11(14)5-3-10/h2-5,8-9,16H,6-7H2,1H3. The highest BCUT2D eigenvalue weighted by Crippen LogP contribution is 2.23. The van der Waals surface area contributed by atoms with Crippen molar-refractivity contribution in [2.24, 2.45) is 5.92 Å². The summed E-state index contributed by atoms with van der Waals surface area (Å²) >= 11 is 1.58. The number of benzene rings is 1. The van der Waals surface area contributed by atoms with E-state index in [1.165, 1.54) is 12.1 Å². The van der Waals surface area contributed by atoms with Gasteiger partial charge in [0.05, 0.1) is 10.7 Å². The Hall–Kier alpha value is -1.26. The lowest BCUT2D eigenvalue weighted by Crippen LogP contribution is -2.03. The molecule has 0 aliphatic carbocycles. The minimum Gasteiger partial charge on any atom is -0.396 e. The fourth-order valence-electron chi connectivity index (χ4n) is 1.52. The zero-order valence-corrected chi connectivity index (χ0v) is 10.4. The van der Waals surface area contributed by atoms with E-state index in [0.717, 1.165) is 22.7 Å². The Balaban J connectivity index is 2.15. The molecule has 2 rings (SSSR count). The second-order valence-electron chi connectivity index (χ2n) is 4.13. The number of aliphatic hydroxyl groups is 1. The molecule has 0 amide bonds. The molecule has 1 N–H and O–H groups in total. The molecule has 4 heteroatoms. The molecule has 0 aliphatic rings. The summed E-state index contributed by atoms with van der Waals surface area (Å²) in [5.74, 6) is -0.0136. The molecule has 17 heavy (non-hydrogen) atoms. The van der Waals surface area contributed by atoms with Gasteiger partial charge in [0, 0.05) is 24.0 Å². The van der Waals surface area contributed by atoms with Gasteiger partial charge in [-0.15, -0.1) is 11.3 Å². The van der Waals surface area contributed by atoms with Crippen LogP contribution in [0.25, 0.3) is 11.3 Å². The third-order valence-electron chi connectivity index (χ3n) is 2.53. The van der Waals surface area contributed by atoms with Gasteiger partial charge in [-0.2, -0.15) is 0 Å². The smallest absolute Gasteiger partial charge is 0.123 e. The Bertz CT molecular complexity index is 480. The van der Waals surface area contributed by atoms with Crippen LogP contribution >= 0.6 is 11.3 Å². The quantitative estimate of drug-likeness (QED) is 0.905. The monoisotopic (exact) mass is 251 g/mol. The molecule has 1 heterocycles. The van der Waals surface area contributed by atoms with Gasteiger partial charge in [-0.3, -0.25) is 0 Å². The molecule has 0 saturated heterocycles. The molecule has 0 spiro atoms. The molecule has 0 aliphatic heterocycles. The summed E-state index contributed by atoms with van der Waals surface area (Å²) in [6, 6.07) is 6.32. The Morgan fingerprint density at radius 3 is 2.71 bits per heavy atom. The maximum absolute atomic E-state index is 12.8. The Morgan fingerprint density at radius 2 is 2.06 bits per heavy atom. The van der Waals surface area contributed by atoms with E-state index in [1.807, 2.05) is 12.3 Å². The van der Waals surface area contributed by atoms with E-state index >= 15 is 0 Å². The third-order valence-corrected chi connectivity index (χ3v) is 3.40. The number of hydrogen-bond acceptors (Lipinski definition) is 3. The first kappa shape index (κ1) is 12.2. The van der Waals surface area contributed by atoms with Crippen LogP contribution in [0.3, 0.4) is 0 Å². The summed E-state index contributed by atoms with van der Waals surface area (Å²) in [6.45, 7) is 2.16. The Kier molecular flexibility index (Phi) is 3.86. The molecule has 1 aromatic heterocycles. The number of thiazole rings is 1. The van der Waals surface area contributed by atoms with Crippen LogP contribution in [0, 0.1) is 11.7 Å². The molecule has 0 fully saturated rings. The average Bonchev–Trinajstić information content (AvgIpc) is 2.78. The number of aromatic nitrogens is 1. The minimum absolute atomic E-state index is 0.172. The molecule has 1 atom stereocenters. The number of rotatable bonds is 4. The van der Waals surface area contributed by atoms with E-state index in [-0.39, 0.29) is 18.3 Å². The van der Waals surface area contributed by atoms with Gasteiger partial charge in [0.2, 0.25) is 0 Å². The van der Waals surface area contributed by atoms with Crippen LogP contribution in [0.2, 0.25) is 0 Å². The van der Waals surface area contributed by atoms with Crippen LogP contribution in [0.5, 0.6) is 0 Å². The van der Waals surface area contributed by atoms with Gasteiger partial charge < -0.3 is 5.11 Å². The highest BCUT2D eigenvalue weighted by atomic mass is 32.1. The van der Waals surface area contributed by atoms with Crippen molar-refractivity contribution < 1.29 is 9.50 Å². The van der Waals surface area contributed by atoms with Crippen LogP contribution in [0.4, 0.5) is 4.39 Å². The van der Waals surface area contributed by atoms with E-state index in [9.17, 15) is 4.39 Å². The van der Waals surface area contributed by atoms with Gasteiger partial charge >= 0.3 is 0 Å². The SMILES string of the molecule is CC(CO)Cc1nc(-c2ccc(F)cc2)cs1. The maximum atomic E-state index is 12.8. The first-order chi connectivity index (χ1) is 8.19. The van der Waals surface area contributed by atoms with Gasteiger partial charge in [0.25, 0.3) is 0 Å². The Labute approximate surface area is 104 Å². The van der Waals surface area contributed by atoms with Crippen molar-refractivity contribution in [2.75, 3.05) is 6.61 Å². The second kappa shape index (κ2) is 5.38. The highest BCUT2D eigenvalue weighted by Gasteiger charge is 2.08. The Morgan fingerprint density at radius 1 is 1.35 bits per heavy atom. The van der Waals surface area contributed by atoms with Crippen molar-refractivity contribution in [1.82, 2.24) is 4.98 Å². The molecular formula is C13H14FNOS. The lowest BCUT2D eigenvalue weighted by Gasteiger charge is -2.03. The minimum atomic E-state index is -0.238. The van der Waals surface area contributed by atoms with E-state index in [0.29, 0.717) is 0 Å². The van der Waals surface area contributed by atoms with Crippen molar-refractivity contribution in [3.63, 3.8) is 0 Å². The van der Waals surface area contributed by atoms with Crippen LogP contribution in [-0.2, 0) is 6.42 Å². The van der Waals surface area contributed by atoms with E-state index < -0.39 is 0 Å². The van der Waals surface area contributed by atoms with Crippen molar-refractivity contribution in [3.8, 4) is 11.3 Å². The lowest BCUT2D eigenvalue weighted by molar-refractivity contribution is 0.237. The van der Waals surface area contributed by atoms with E-state index in [1.54, 1.807) is 23.5 Å². The fraction of sp³-hybridized carbons (Fsp3) is 0.308. The first-order valence-corrected chi connectivity index (χ1v) is 6.38. The van der Waals surface area contributed by atoms with E-state index in [4.69, 9.17) is 5.11 Å². The van der Waals surface area contributed by atoms with Crippen LogP contribution in [0.15, 0.2) is 29.6 Å². The molecule has 0 bridgehead atoms. The van der Waals surface area contributed by atoms with Crippen LogP contribution in [0.1, 0.15) is 11.9 Å². The topological polar surface area (TPSA) is 33.1 Å². The van der Waals surface area contributed by atoms with Gasteiger partial charge in [0.1, 0.15) is 5.82 Å². The molecule has 2 aromatic rings. The summed E-state index contributed by atoms with van der Waals surface area (Å²) in [4.78, 5) is 4.48. The van der Waals surface area contributed by atoms with Crippen molar-refractivity contribution >= 4 is 11.3 Å². The molecule has 90 valence electrons. The summed E-state index contributed by atoms with van der Waals surface area (Å²) < 4.78 is 12.8. The van der Waals surface area contributed by atoms with Gasteiger partial charge in [-0.25, -0.2) is 9.37 Å². The molecule has 1 aromatic carbocycles. The maximum Gasteiger partial charge on any atom is 0.123 e. The predicted octanol–water partition coefficient (Wildman–Crippen LogP) is 3.12. The number of hydrogen-bond donors (Lipinski definition) is 1. The number of halogens is 1. The van der Waals surface area contributed by atoms with Crippen LogP contribution < -0.4 is 0 Å². The summed E-state index contributed by atoms with van der Waals surface area (Å²) in [5, 5.41) is 12.0. The van der Waals surface area contributed by atoms with Gasteiger partial charge in [0.15, 0.2) is 0 Å². The third kappa shape index (κ3) is 3.11. The lowest BCUT2D eigenvalue weighted by atomic mass is 10.1. The largest absolute Gasteiger partial charge is 0.396 e. The molecular weight excluding hydrogens is 237 g/mol. The van der Waals surface area contributed by atoms with Gasteiger partial charge in [-0.05, 0) is 30.2 Å². The van der Waals surface area contributed by atoms with Crippen molar-refractivity contribution in [2.45, 2.75) is 13.3 Å². The van der Waals surface area contributed by atoms with Crippen molar-refractivity contribution in [3.05, 3.63) is 40.5 Å². The molecule has 0 radical (unpaired) electrons. The zero-order valence-electron chi connectivity index (χ0n) is 9.56. The summed E-state index contributed by atoms with van der Waals surface area (Å²) in [5.41, 5.74) is 1.79. The normalized spacial score (nSPS) is 12.6. The molecule has 2 nitrogen and oxygen atoms in total. The number of aliphatic hydroxyl groups excluding tert-OH is 1. The fourth-order valence-corrected chi connectivity index (χ4v) is 2.49. The highest BCUT2D eigenvalue weighted by molar-refractivity contribution is 7.09. The number of nitrogens with zero attached hydrogens (tertiary/aromatic N) is 1. The van der Waals surface area contributed by atoms with Crippen LogP contribution in [-0.4, -0.2) is 16.7 Å². The molecule has 1 unspecified atom stereocenters. The van der Waals surface area contributed by atoms with Gasteiger partial charge in [-0.1, -0.05) is 6.92 Å². The van der Waals surface area contributed by atoms with E-state index in [2.05, 4.69) is 4.98 Å². The zero-order chi connectivity index (χ0) is 12.3. The molecule has 0 saturated carbocycles. The van der Waals surface area contributed by atoms with Crippen molar-refractivity contribution in [1.29, 1.82) is 0 Å². The second-order valence-corrected chi connectivity index (χ2v) is 5.07. The summed E-state index contributed by atoms with van der Waals surface area (Å²) in [6.07, 6.45) is 0.780. The predicted molar refractivity (Wildman–Crippen MR) is 67.5 cm³/mol. The summed E-state index contributed by atoms with van der Waals surface area (Å²) in [7, 11) is 0. The average molecular weight is 251 g/mol. The first-order valence-electron chi connectivity index (χ1n) is 5.50.